The Balaban J connectivity index is 1.56. The summed E-state index contributed by atoms with van der Waals surface area (Å²) >= 11 is 1.76. The van der Waals surface area contributed by atoms with Gasteiger partial charge in [-0.3, -0.25) is 0 Å². The molecule has 0 saturated carbocycles. The zero-order chi connectivity index (χ0) is 19.1. The van der Waals surface area contributed by atoms with Crippen molar-refractivity contribution in [1.82, 2.24) is 0 Å². The lowest BCUT2D eigenvalue weighted by Gasteiger charge is -2.19. The Morgan fingerprint density at radius 2 is 1.32 bits per heavy atom. The average Bonchev–Trinajstić information content (AvgIpc) is 2.72. The van der Waals surface area contributed by atoms with Crippen LogP contribution in [0, 0.1) is 13.8 Å². The number of ether oxygens (including phenoxy) is 1. The average molecular weight is 383 g/mol. The first-order chi connectivity index (χ1) is 13.7. The van der Waals surface area contributed by atoms with E-state index in [1.165, 1.54) is 22.5 Å². The highest BCUT2D eigenvalue weighted by molar-refractivity contribution is 7.99. The molecule has 3 aromatic carbocycles. The van der Waals surface area contributed by atoms with Gasteiger partial charge in [-0.2, -0.15) is 4.57 Å². The normalized spacial score (nSPS) is 12.1. The molecule has 0 atom stereocenters. The monoisotopic (exact) mass is 382 g/mol. The number of aryl methyl sites for hydroxylation is 2. The van der Waals surface area contributed by atoms with Crippen LogP contribution < -0.4 is 9.30 Å². The molecule has 0 saturated heterocycles. The molecule has 0 unspecified atom stereocenters. The van der Waals surface area contributed by atoms with Crippen LogP contribution in [0.5, 0.6) is 11.5 Å². The zero-order valence-electron chi connectivity index (χ0n) is 15.8. The second kappa shape index (κ2) is 6.84. The summed E-state index contributed by atoms with van der Waals surface area (Å²) in [5.74, 6) is 1.85. The van der Waals surface area contributed by atoms with E-state index in [9.17, 15) is 0 Å². The molecule has 0 aliphatic carbocycles. The molecule has 4 aromatic rings. The fourth-order valence-electron chi connectivity index (χ4n) is 3.76. The number of hydrogen-bond donors (Lipinski definition) is 0. The van der Waals surface area contributed by atoms with Gasteiger partial charge in [-0.25, -0.2) is 0 Å². The summed E-state index contributed by atoms with van der Waals surface area (Å²) in [4.78, 5) is 2.31. The van der Waals surface area contributed by atoms with E-state index >= 15 is 0 Å². The minimum atomic E-state index is 0.921. The van der Waals surface area contributed by atoms with Gasteiger partial charge in [0.05, 0.1) is 9.79 Å². The highest BCUT2D eigenvalue weighted by Crippen LogP contribution is 2.47. The molecule has 0 fully saturated rings. The van der Waals surface area contributed by atoms with Gasteiger partial charge in [0.25, 0.3) is 0 Å². The molecule has 136 valence electrons. The Bertz CT molecular complexity index is 1160. The number of rotatable bonds is 2. The first-order valence-corrected chi connectivity index (χ1v) is 10.2. The van der Waals surface area contributed by atoms with Crippen LogP contribution in [0.1, 0.15) is 11.4 Å². The lowest BCUT2D eigenvalue weighted by atomic mass is 10.0. The number of benzene rings is 3. The first kappa shape index (κ1) is 17.1. The maximum atomic E-state index is 6.08. The molecule has 0 N–H and O–H groups in total. The highest BCUT2D eigenvalue weighted by Gasteiger charge is 2.22. The molecule has 5 rings (SSSR count). The van der Waals surface area contributed by atoms with Crippen molar-refractivity contribution in [2.75, 3.05) is 0 Å². The molecule has 0 spiro atoms. The van der Waals surface area contributed by atoms with Crippen molar-refractivity contribution in [2.45, 2.75) is 23.6 Å². The van der Waals surface area contributed by atoms with Gasteiger partial charge in [0, 0.05) is 38.1 Å². The lowest BCUT2D eigenvalue weighted by Crippen LogP contribution is -2.37. The molecule has 3 heteroatoms. The van der Waals surface area contributed by atoms with E-state index < -0.39 is 0 Å². The smallest absolute Gasteiger partial charge is 0.212 e. The third-order valence-corrected chi connectivity index (χ3v) is 6.11. The van der Waals surface area contributed by atoms with Gasteiger partial charge >= 0.3 is 0 Å². The van der Waals surface area contributed by atoms with Crippen LogP contribution >= 0.6 is 11.8 Å². The van der Waals surface area contributed by atoms with Gasteiger partial charge in [0.15, 0.2) is 11.4 Å². The van der Waals surface area contributed by atoms with Crippen molar-refractivity contribution in [1.29, 1.82) is 0 Å². The third-order valence-electron chi connectivity index (χ3n) is 5.02. The van der Waals surface area contributed by atoms with E-state index in [1.807, 2.05) is 12.1 Å². The van der Waals surface area contributed by atoms with Gasteiger partial charge in [-0.15, -0.1) is 0 Å². The van der Waals surface area contributed by atoms with E-state index in [2.05, 4.69) is 91.2 Å². The second-order valence-electron chi connectivity index (χ2n) is 7.01. The quantitative estimate of drug-likeness (QED) is 0.323. The Morgan fingerprint density at radius 1 is 0.643 bits per heavy atom. The zero-order valence-corrected chi connectivity index (χ0v) is 16.7. The number of aromatic nitrogens is 1. The first-order valence-electron chi connectivity index (χ1n) is 9.37. The van der Waals surface area contributed by atoms with E-state index in [1.54, 1.807) is 11.8 Å². The SMILES string of the molecule is Cc1cc(-c2ccccc2)cc(C)[n+]1-c1ccc2c(c1)Sc1ccccc1O2. The fourth-order valence-corrected chi connectivity index (χ4v) is 4.74. The predicted molar refractivity (Wildman–Crippen MR) is 114 cm³/mol. The number of hydrogen-bond acceptors (Lipinski definition) is 2. The molecular weight excluding hydrogens is 362 g/mol. The molecule has 0 bridgehead atoms. The Morgan fingerprint density at radius 3 is 2.11 bits per heavy atom. The summed E-state index contributed by atoms with van der Waals surface area (Å²) in [5.41, 5.74) is 6.06. The largest absolute Gasteiger partial charge is 0.455 e. The molecular formula is C25H20NOS+. The minimum Gasteiger partial charge on any atom is -0.455 e. The summed E-state index contributed by atoms with van der Waals surface area (Å²) in [6.07, 6.45) is 0. The van der Waals surface area contributed by atoms with Gasteiger partial charge in [0.1, 0.15) is 11.5 Å². The number of pyridine rings is 1. The van der Waals surface area contributed by atoms with E-state index in [-0.39, 0.29) is 0 Å². The maximum Gasteiger partial charge on any atom is 0.212 e. The van der Waals surface area contributed by atoms with Gasteiger partial charge < -0.3 is 4.74 Å². The van der Waals surface area contributed by atoms with Crippen LogP contribution in [0.3, 0.4) is 0 Å². The van der Waals surface area contributed by atoms with Crippen LogP contribution in [0.15, 0.2) is 94.7 Å². The van der Waals surface area contributed by atoms with Crippen LogP contribution in [-0.2, 0) is 0 Å². The Kier molecular flexibility index (Phi) is 4.18. The topological polar surface area (TPSA) is 13.1 Å². The summed E-state index contributed by atoms with van der Waals surface area (Å²) in [5, 5.41) is 0. The molecule has 2 heterocycles. The van der Waals surface area contributed by atoms with Crippen molar-refractivity contribution >= 4 is 11.8 Å². The minimum absolute atomic E-state index is 0.921. The molecule has 0 amide bonds. The standard InChI is InChI=1S/C25H20NOS/c1-17-14-20(19-8-4-3-5-9-19)15-18(2)26(17)21-12-13-23-25(16-21)28-24-11-7-6-10-22(24)27-23/h3-16H,1-2H3/q+1. The van der Waals surface area contributed by atoms with E-state index in [4.69, 9.17) is 4.74 Å². The molecule has 1 aliphatic rings. The van der Waals surface area contributed by atoms with E-state index in [0.717, 1.165) is 27.0 Å². The van der Waals surface area contributed by atoms with Crippen molar-refractivity contribution in [3.63, 3.8) is 0 Å². The molecule has 28 heavy (non-hydrogen) atoms. The third kappa shape index (κ3) is 2.98. The maximum absolute atomic E-state index is 6.08. The van der Waals surface area contributed by atoms with Gasteiger partial charge in [0.2, 0.25) is 5.69 Å². The molecule has 2 nitrogen and oxygen atoms in total. The van der Waals surface area contributed by atoms with Crippen molar-refractivity contribution < 1.29 is 9.30 Å². The second-order valence-corrected chi connectivity index (χ2v) is 8.09. The molecule has 1 aliphatic heterocycles. The summed E-state index contributed by atoms with van der Waals surface area (Å²) < 4.78 is 8.38. The summed E-state index contributed by atoms with van der Waals surface area (Å²) in [7, 11) is 0. The highest BCUT2D eigenvalue weighted by atomic mass is 32.2. The lowest BCUT2D eigenvalue weighted by molar-refractivity contribution is -0.609. The fraction of sp³-hybridized carbons (Fsp3) is 0.0800. The Labute approximate surface area is 169 Å². The van der Waals surface area contributed by atoms with Crippen LogP contribution in [0.25, 0.3) is 16.8 Å². The van der Waals surface area contributed by atoms with Crippen LogP contribution in [0.2, 0.25) is 0 Å². The molecule has 0 radical (unpaired) electrons. The number of fused-ring (bicyclic) bond motifs is 2. The van der Waals surface area contributed by atoms with Gasteiger partial charge in [-0.05, 0) is 29.3 Å². The van der Waals surface area contributed by atoms with Crippen LogP contribution in [0.4, 0.5) is 0 Å². The summed E-state index contributed by atoms with van der Waals surface area (Å²) in [6, 6.07) is 29.6. The van der Waals surface area contributed by atoms with Crippen molar-refractivity contribution in [2.24, 2.45) is 0 Å². The van der Waals surface area contributed by atoms with Gasteiger partial charge in [-0.1, -0.05) is 54.2 Å². The van der Waals surface area contributed by atoms with Crippen LogP contribution in [-0.4, -0.2) is 0 Å². The number of nitrogens with zero attached hydrogens (tertiary/aromatic N) is 1. The summed E-state index contributed by atoms with van der Waals surface area (Å²) in [6.45, 7) is 4.33. The van der Waals surface area contributed by atoms with E-state index in [0.29, 0.717) is 0 Å². The van der Waals surface area contributed by atoms with Crippen molar-refractivity contribution in [3.8, 4) is 28.3 Å². The molecule has 1 aromatic heterocycles. The Hall–Kier alpha value is -3.04. The van der Waals surface area contributed by atoms with Crippen molar-refractivity contribution in [3.05, 3.63) is 96.3 Å². The predicted octanol–water partition coefficient (Wildman–Crippen LogP) is 6.50. The number of para-hydroxylation sites is 1.